The molecule has 8 aliphatic rings. The first kappa shape index (κ1) is 98.9. The number of nitrogens with zero attached hydrogens (tertiary/aromatic N) is 8. The molecule has 0 bridgehead atoms. The van der Waals surface area contributed by atoms with E-state index in [1.54, 1.807) is 27.7 Å². The monoisotopic (exact) mass is 2020 g/mol. The van der Waals surface area contributed by atoms with Crippen molar-refractivity contribution in [1.29, 1.82) is 0 Å². The number of sulfone groups is 4. The molecule has 4 aliphatic heterocycles. The molecule has 4 aromatic heterocycles. The van der Waals surface area contributed by atoms with Crippen LogP contribution < -0.4 is 59.2 Å². The molecule has 4 aliphatic carbocycles. The molecule has 4 aromatic carbocycles. The van der Waals surface area contributed by atoms with Gasteiger partial charge in [-0.25, -0.2) is 71.2 Å². The van der Waals surface area contributed by atoms with Gasteiger partial charge in [0.2, 0.25) is 23.6 Å². The number of pyridine rings is 4. The van der Waals surface area contributed by atoms with E-state index in [0.717, 1.165) is 55.4 Å². The molecule has 8 heterocycles. The Morgan fingerprint density at radius 3 is 0.671 bits per heavy atom. The molecule has 40 nitrogen and oxygen atoms in total. The fraction of sp³-hybridized carbons (Fsp3) is 0.391. The van der Waals surface area contributed by atoms with Gasteiger partial charge in [-0.1, -0.05) is 0 Å². The maximum Gasteiger partial charge on any atom is 0.265 e. The number of rotatable bonds is 36. The van der Waals surface area contributed by atoms with Crippen molar-refractivity contribution in [2.45, 2.75) is 103 Å². The predicted octanol–water partition coefficient (Wildman–Crippen LogP) is 9.43. The minimum absolute atomic E-state index is 0.00467. The van der Waals surface area contributed by atoms with Crippen LogP contribution in [-0.2, 0) is 58.5 Å². The number of fused-ring (bicyclic) bond motifs is 4. The van der Waals surface area contributed by atoms with E-state index in [1.165, 1.54) is 88.1 Å². The number of hydrogen-bond acceptors (Lipinski definition) is 32. The van der Waals surface area contributed by atoms with Crippen LogP contribution in [-0.4, -0.2) is 247 Å². The zero-order valence-corrected chi connectivity index (χ0v) is 80.1. The van der Waals surface area contributed by atoms with Gasteiger partial charge in [-0.05, 0) is 176 Å². The second kappa shape index (κ2) is 41.9. The third-order valence-corrected chi connectivity index (χ3v) is 26.3. The van der Waals surface area contributed by atoms with E-state index in [4.69, 9.17) is 42.0 Å². The van der Waals surface area contributed by atoms with Crippen LogP contribution in [0.1, 0.15) is 213 Å². The van der Waals surface area contributed by atoms with Crippen LogP contribution in [0.4, 0.5) is 40.3 Å². The van der Waals surface area contributed by atoms with Crippen LogP contribution >= 0.6 is 0 Å². The molecule has 16 rings (SSSR count). The third-order valence-electron chi connectivity index (χ3n) is 22.6. The van der Waals surface area contributed by atoms with Gasteiger partial charge in [0.15, 0.2) is 23.0 Å². The number of hydrogen-bond donors (Lipinski definition) is 4. The van der Waals surface area contributed by atoms with Crippen molar-refractivity contribution in [2.75, 3.05) is 124 Å². The van der Waals surface area contributed by atoms with Gasteiger partial charge in [0.25, 0.3) is 70.8 Å². The molecule has 8 aromatic rings. The maximum atomic E-state index is 14.8. The number of nitrogens with one attached hydrogen (secondary N) is 4. The van der Waals surface area contributed by atoms with Gasteiger partial charge in [-0.2, -0.15) is 0 Å². The molecular formula is C92H96F4N12O28S4. The first-order valence-electron chi connectivity index (χ1n) is 45.0. The van der Waals surface area contributed by atoms with Crippen LogP contribution in [0.5, 0.6) is 46.5 Å². The number of imide groups is 4. The van der Waals surface area contributed by atoms with Gasteiger partial charge in [0.1, 0.15) is 62.6 Å². The number of methoxy groups -OCH3 is 4. The molecule has 4 saturated carbocycles. The van der Waals surface area contributed by atoms with Gasteiger partial charge >= 0.3 is 0 Å². The van der Waals surface area contributed by atoms with Crippen molar-refractivity contribution in [3.8, 4) is 46.5 Å². The van der Waals surface area contributed by atoms with E-state index >= 15 is 0 Å². The van der Waals surface area contributed by atoms with E-state index in [1.807, 2.05) is 0 Å². The molecule has 0 saturated heterocycles. The van der Waals surface area contributed by atoms with E-state index < -0.39 is 192 Å². The molecular weight excluding hydrogens is 1930 g/mol. The minimum atomic E-state index is -3.86. The summed E-state index contributed by atoms with van der Waals surface area (Å²) in [6.07, 6.45) is 9.30. The summed E-state index contributed by atoms with van der Waals surface area (Å²) >= 11 is 0. The Kier molecular flexibility index (Phi) is 29.6. The standard InChI is InChI=1S/4C23H24FN3O7S/c4*1-4-34-21-17(33-2)10-9-14(26-21)16(11-35(3,31)32)27-22(29)18-13(24)7-8-15(19(18)23(27)30)25-20(28)12-5-6-12/h4*7-10,12,16H,4-6,11H2,1-3H3,(H,25,28)/t2*16-;;/m10../s1/i;;2D3;. The number of aromatic nitrogens is 4. The van der Waals surface area contributed by atoms with Crippen molar-refractivity contribution in [3.63, 3.8) is 0 Å². The number of benzene rings is 4. The van der Waals surface area contributed by atoms with Crippen molar-refractivity contribution in [2.24, 2.45) is 23.7 Å². The molecule has 4 fully saturated rings. The zero-order valence-electron chi connectivity index (χ0n) is 79.8. The number of carbonyl (C=O) groups is 12. The van der Waals surface area contributed by atoms with Gasteiger partial charge in [-0.15, -0.1) is 0 Å². The molecule has 48 heteroatoms. The molecule has 140 heavy (non-hydrogen) atoms. The van der Waals surface area contributed by atoms with Gasteiger partial charge in [-0.3, -0.25) is 77.1 Å². The Labute approximate surface area is 804 Å². The summed E-state index contributed by atoms with van der Waals surface area (Å²) in [5.41, 5.74) is -3.64. The quantitative estimate of drug-likeness (QED) is 0.0210. The Morgan fingerprint density at radius 1 is 0.321 bits per heavy atom. The first-order chi connectivity index (χ1) is 67.4. The van der Waals surface area contributed by atoms with Gasteiger partial charge < -0.3 is 59.2 Å². The lowest BCUT2D eigenvalue weighted by Crippen LogP contribution is -2.38. The fourth-order valence-corrected chi connectivity index (χ4v) is 19.1. The predicted molar refractivity (Wildman–Crippen MR) is 491 cm³/mol. The summed E-state index contributed by atoms with van der Waals surface area (Å²) in [5.74, 6) is -16.4. The third kappa shape index (κ3) is 22.9. The smallest absolute Gasteiger partial charge is 0.265 e. The summed E-state index contributed by atoms with van der Waals surface area (Å²) < 4.78 is 222. The van der Waals surface area contributed by atoms with E-state index in [2.05, 4.69) is 41.2 Å². The Balaban J connectivity index is 0.000000160. The molecule has 4 atom stereocenters. The van der Waals surface area contributed by atoms with Crippen LogP contribution in [0.3, 0.4) is 0 Å². The fourth-order valence-electron chi connectivity index (χ4n) is 15.6. The Hall–Kier alpha value is -14.2. The number of anilines is 4. The highest BCUT2D eigenvalue weighted by molar-refractivity contribution is 7.91. The highest BCUT2D eigenvalue weighted by Crippen LogP contribution is 2.47. The summed E-state index contributed by atoms with van der Waals surface area (Å²) in [7, 11) is -13.7. The molecule has 12 amide bonds. The maximum absolute atomic E-state index is 14.8. The largest absolute Gasteiger partial charge is 0.491 e. The van der Waals surface area contributed by atoms with Crippen LogP contribution in [0.25, 0.3) is 0 Å². The van der Waals surface area contributed by atoms with Crippen LogP contribution in [0, 0.1) is 46.9 Å². The number of carbonyl (C=O) groups excluding carboxylic acids is 12. The average molecular weight is 2030 g/mol. The molecule has 744 valence electrons. The first-order valence-corrected chi connectivity index (χ1v) is 51.7. The van der Waals surface area contributed by atoms with E-state index in [0.29, 0.717) is 71.0 Å². The lowest BCUT2D eigenvalue weighted by molar-refractivity contribution is -0.118. The summed E-state index contributed by atoms with van der Waals surface area (Å²) in [6.45, 7) is 7.45. The second-order valence-electron chi connectivity index (χ2n) is 33.4. The minimum Gasteiger partial charge on any atom is -0.491 e. The summed E-state index contributed by atoms with van der Waals surface area (Å²) in [5, 5.41) is 10.3. The highest BCUT2D eigenvalue weighted by atomic mass is 32.2. The van der Waals surface area contributed by atoms with Crippen molar-refractivity contribution >= 4 is 133 Å². The number of amides is 12. The topological polar surface area (TPSA) is 528 Å². The lowest BCUT2D eigenvalue weighted by atomic mass is 10.1. The van der Waals surface area contributed by atoms with Crippen molar-refractivity contribution in [1.82, 2.24) is 39.5 Å². The van der Waals surface area contributed by atoms with Gasteiger partial charge in [0, 0.05) is 48.7 Å². The summed E-state index contributed by atoms with van der Waals surface area (Å²) in [6, 6.07) is 14.0. The number of ether oxygens (including phenoxy) is 8. The molecule has 2 unspecified atom stereocenters. The van der Waals surface area contributed by atoms with Crippen LogP contribution in [0.15, 0.2) is 97.1 Å². The van der Waals surface area contributed by atoms with Crippen molar-refractivity contribution in [3.05, 3.63) is 188 Å². The lowest BCUT2D eigenvalue weighted by Gasteiger charge is -2.26. The summed E-state index contributed by atoms with van der Waals surface area (Å²) in [4.78, 5) is 176. The molecule has 0 radical (unpaired) electrons. The molecule has 0 spiro atoms. The van der Waals surface area contributed by atoms with Gasteiger partial charge in [0.05, 0.1) is 196 Å². The van der Waals surface area contributed by atoms with Crippen molar-refractivity contribution < 1.29 is 151 Å². The average Bonchev–Trinajstić information content (AvgIpc) is 1.60. The van der Waals surface area contributed by atoms with Crippen LogP contribution in [0.2, 0.25) is 0 Å². The Bertz CT molecular complexity index is 6570. The van der Waals surface area contributed by atoms with E-state index in [-0.39, 0.29) is 182 Å². The second-order valence-corrected chi connectivity index (χ2v) is 42.1. The zero-order chi connectivity index (χ0) is 104. The normalized spacial score (nSPS) is 16.6. The van der Waals surface area contributed by atoms with E-state index in [9.17, 15) is 109 Å². The SMILES string of the molecule is CCOc1nc(C(CS(C)(=O)=O)N2C(=O)c3c(F)ccc(NC(=O)C4CC4)c3C2=O)ccc1OC.CCOc1nc([C@@H](CS(C)(=O)=O)N2C(=O)c3c(F)ccc(NC(=O)C4CC4)c3C2=O)ccc1OC.CCOc1nc([C@H](CS(C)(=O)=O)N2C(=O)c3c(F)ccc(NC(=O)C4CC4)c3C2=O)ccc1OC.[2H]C([2H])([2H])Oc1ccc(C(CS(C)(=O)=O)N2C(=O)c3c(F)ccc(NC(=O)C4CC4)c3C2=O)nc1OCC. The Morgan fingerprint density at radius 2 is 0.507 bits per heavy atom. The molecule has 4 N–H and O–H groups in total. The number of halogens is 4. The highest BCUT2D eigenvalue weighted by Gasteiger charge is 2.52.